The monoisotopic (exact) mass is 678 g/mol. The normalized spacial score (nSPS) is 11.8. The number of ether oxygens (including phenoxy) is 1. The van der Waals surface area contributed by atoms with Gasteiger partial charge < -0.3 is 4.74 Å². The first-order valence-corrected chi connectivity index (χ1v) is 13.5. The van der Waals surface area contributed by atoms with Crippen LogP contribution in [0, 0.1) is 58.4 Å². The Bertz CT molecular complexity index is 1790. The molecule has 14 heteroatoms. The predicted molar refractivity (Wildman–Crippen MR) is 143 cm³/mol. The van der Waals surface area contributed by atoms with Crippen molar-refractivity contribution < 1.29 is 61.8 Å². The van der Waals surface area contributed by atoms with Crippen LogP contribution in [0.1, 0.15) is 54.0 Å². The molecule has 4 aromatic carbocycles. The molecule has 0 spiro atoms. The van der Waals surface area contributed by atoms with Gasteiger partial charge >= 0.3 is 12.3 Å². The molecule has 248 valence electrons. The fourth-order valence-corrected chi connectivity index (χ4v) is 4.60. The summed E-state index contributed by atoms with van der Waals surface area (Å²) in [5, 5.41) is 0. The van der Waals surface area contributed by atoms with E-state index in [0.717, 1.165) is 12.8 Å². The lowest BCUT2D eigenvalue weighted by atomic mass is 10.0. The molecule has 0 heterocycles. The molecule has 0 amide bonds. The Labute approximate surface area is 258 Å². The van der Waals surface area contributed by atoms with Gasteiger partial charge in [-0.3, -0.25) is 0 Å². The number of unbranched alkanes of at least 4 members (excludes halogenated alkanes) is 2. The molecule has 0 unspecified atom stereocenters. The predicted octanol–water partition coefficient (Wildman–Crippen LogP) is 10.7. The SMILES string of the molecule is CCCCCc1cc(F)c(C(F)(F)Oc2cc(F)c(-c3cc(F)c(C#Cc4cc(F)c(C(F)(F)F)c(F)c4)c(F)c3)c(F)c2)c(F)c1. The highest BCUT2D eigenvalue weighted by molar-refractivity contribution is 5.67. The first-order chi connectivity index (χ1) is 21.9. The summed E-state index contributed by atoms with van der Waals surface area (Å²) >= 11 is 0. The van der Waals surface area contributed by atoms with Crippen LogP contribution in [-0.2, 0) is 18.7 Å². The second-order valence-corrected chi connectivity index (χ2v) is 10.1. The van der Waals surface area contributed by atoms with E-state index >= 15 is 0 Å². The minimum absolute atomic E-state index is 0.105. The molecule has 47 heavy (non-hydrogen) atoms. The first-order valence-electron chi connectivity index (χ1n) is 13.5. The van der Waals surface area contributed by atoms with Crippen LogP contribution in [0.15, 0.2) is 48.5 Å². The molecule has 4 aromatic rings. The van der Waals surface area contributed by atoms with E-state index in [9.17, 15) is 57.1 Å². The van der Waals surface area contributed by atoms with Gasteiger partial charge in [-0.2, -0.15) is 22.0 Å². The van der Waals surface area contributed by atoms with Gasteiger partial charge in [0, 0.05) is 17.7 Å². The average Bonchev–Trinajstić information content (AvgIpc) is 2.90. The number of hydrogen-bond donors (Lipinski definition) is 0. The first kappa shape index (κ1) is 35.2. The van der Waals surface area contributed by atoms with Crippen LogP contribution in [0.25, 0.3) is 11.1 Å². The Kier molecular flexibility index (Phi) is 10.2. The summed E-state index contributed by atoms with van der Waals surface area (Å²) in [6.45, 7) is 1.89. The molecule has 0 fully saturated rings. The third-order valence-electron chi connectivity index (χ3n) is 6.71. The quantitative estimate of drug-likeness (QED) is 0.102. The smallest absolute Gasteiger partial charge is 0.429 e. The molecule has 1 nitrogen and oxygen atoms in total. The fourth-order valence-electron chi connectivity index (χ4n) is 4.60. The van der Waals surface area contributed by atoms with Crippen molar-refractivity contribution in [2.45, 2.75) is 44.9 Å². The second-order valence-electron chi connectivity index (χ2n) is 10.1. The van der Waals surface area contributed by atoms with Gasteiger partial charge in [0.1, 0.15) is 63.4 Å². The average molecular weight is 678 g/mol. The van der Waals surface area contributed by atoms with Gasteiger partial charge in [0.05, 0.1) is 11.1 Å². The van der Waals surface area contributed by atoms with Crippen LogP contribution < -0.4 is 4.74 Å². The molecular formula is C33H19F13O. The van der Waals surface area contributed by atoms with E-state index in [1.165, 1.54) is 0 Å². The van der Waals surface area contributed by atoms with Crippen LogP contribution in [0.4, 0.5) is 57.1 Å². The van der Waals surface area contributed by atoms with E-state index in [0.29, 0.717) is 30.7 Å². The van der Waals surface area contributed by atoms with Crippen LogP contribution in [0.5, 0.6) is 5.75 Å². The van der Waals surface area contributed by atoms with Crippen molar-refractivity contribution in [2.75, 3.05) is 0 Å². The van der Waals surface area contributed by atoms with Gasteiger partial charge in [0.25, 0.3) is 0 Å². The highest BCUT2D eigenvalue weighted by Crippen LogP contribution is 2.39. The maximum absolute atomic E-state index is 14.9. The molecule has 0 saturated carbocycles. The number of aryl methyl sites for hydroxylation is 1. The Morgan fingerprint density at radius 1 is 0.574 bits per heavy atom. The van der Waals surface area contributed by atoms with Crippen LogP contribution in [0.2, 0.25) is 0 Å². The molecule has 0 aliphatic carbocycles. The largest absolute Gasteiger partial charge is 0.432 e. The lowest BCUT2D eigenvalue weighted by molar-refractivity contribution is -0.189. The van der Waals surface area contributed by atoms with Crippen molar-refractivity contribution in [2.24, 2.45) is 0 Å². The van der Waals surface area contributed by atoms with Gasteiger partial charge in [0.15, 0.2) is 0 Å². The maximum Gasteiger partial charge on any atom is 0.432 e. The van der Waals surface area contributed by atoms with Crippen molar-refractivity contribution in [3.63, 3.8) is 0 Å². The van der Waals surface area contributed by atoms with Crippen LogP contribution >= 0.6 is 0 Å². The Morgan fingerprint density at radius 3 is 1.57 bits per heavy atom. The van der Waals surface area contributed by atoms with E-state index in [4.69, 9.17) is 0 Å². The molecule has 0 aliphatic rings. The van der Waals surface area contributed by atoms with Gasteiger partial charge in [0.2, 0.25) is 0 Å². The number of rotatable bonds is 8. The Hall–Kier alpha value is -4.67. The van der Waals surface area contributed by atoms with Gasteiger partial charge in [-0.25, -0.2) is 35.1 Å². The molecule has 0 bridgehead atoms. The third-order valence-corrected chi connectivity index (χ3v) is 6.71. The highest BCUT2D eigenvalue weighted by Gasteiger charge is 2.42. The fraction of sp³-hybridized carbons (Fsp3) is 0.212. The lowest BCUT2D eigenvalue weighted by Crippen LogP contribution is -2.25. The number of halogens is 13. The van der Waals surface area contributed by atoms with Gasteiger partial charge in [-0.05, 0) is 60.4 Å². The van der Waals surface area contributed by atoms with Crippen LogP contribution in [-0.4, -0.2) is 0 Å². The molecule has 0 aliphatic heterocycles. The Morgan fingerprint density at radius 2 is 1.09 bits per heavy atom. The second kappa shape index (κ2) is 13.6. The molecule has 0 radical (unpaired) electrons. The lowest BCUT2D eigenvalue weighted by Gasteiger charge is -2.20. The zero-order chi connectivity index (χ0) is 34.8. The van der Waals surface area contributed by atoms with Crippen molar-refractivity contribution in [1.82, 2.24) is 0 Å². The zero-order valence-electron chi connectivity index (χ0n) is 23.8. The number of alkyl halides is 5. The van der Waals surface area contributed by atoms with Crippen molar-refractivity contribution >= 4 is 0 Å². The van der Waals surface area contributed by atoms with Crippen molar-refractivity contribution in [3.8, 4) is 28.7 Å². The van der Waals surface area contributed by atoms with E-state index in [1.807, 2.05) is 18.8 Å². The summed E-state index contributed by atoms with van der Waals surface area (Å²) in [6, 6.07) is 2.81. The Balaban J connectivity index is 1.61. The topological polar surface area (TPSA) is 9.23 Å². The summed E-state index contributed by atoms with van der Waals surface area (Å²) in [4.78, 5) is 0. The summed E-state index contributed by atoms with van der Waals surface area (Å²) in [5.74, 6) is -11.5. The summed E-state index contributed by atoms with van der Waals surface area (Å²) in [6.07, 6.45) is -7.85. The third kappa shape index (κ3) is 7.84. The van der Waals surface area contributed by atoms with Crippen molar-refractivity contribution in [3.05, 3.63) is 123 Å². The van der Waals surface area contributed by atoms with E-state index < -0.39 is 98.0 Å². The number of benzene rings is 4. The van der Waals surface area contributed by atoms with Crippen LogP contribution in [0.3, 0.4) is 0 Å². The standard InChI is InChI=1S/C33H19F13O/c1-2-3-4-5-16-8-27(40)31(28(41)9-16)33(45,46)47-19-14-23(36)29(24(37)15-19)18-12-21(34)20(22(35)13-18)7-6-17-10-25(38)30(26(39)11-17)32(42,43)44/h8-15H,2-5H2,1H3. The van der Waals surface area contributed by atoms with E-state index in [-0.39, 0.29) is 36.2 Å². The van der Waals surface area contributed by atoms with E-state index in [1.54, 1.807) is 0 Å². The van der Waals surface area contributed by atoms with E-state index in [2.05, 4.69) is 4.74 Å². The summed E-state index contributed by atoms with van der Waals surface area (Å²) in [7, 11) is 0. The summed E-state index contributed by atoms with van der Waals surface area (Å²) in [5.41, 5.74) is -7.71. The molecule has 0 atom stereocenters. The maximum atomic E-state index is 14.9. The molecule has 0 N–H and O–H groups in total. The summed E-state index contributed by atoms with van der Waals surface area (Å²) < 4.78 is 188. The zero-order valence-corrected chi connectivity index (χ0v) is 23.8. The van der Waals surface area contributed by atoms with Gasteiger partial charge in [-0.15, -0.1) is 0 Å². The van der Waals surface area contributed by atoms with Crippen molar-refractivity contribution in [1.29, 1.82) is 0 Å². The molecule has 0 aromatic heterocycles. The number of hydrogen-bond acceptors (Lipinski definition) is 1. The molecular weight excluding hydrogens is 659 g/mol. The highest BCUT2D eigenvalue weighted by atomic mass is 19.4. The minimum Gasteiger partial charge on any atom is -0.429 e. The van der Waals surface area contributed by atoms with Gasteiger partial charge in [-0.1, -0.05) is 31.6 Å². The molecule has 4 rings (SSSR count). The molecule has 0 saturated heterocycles. The minimum atomic E-state index is -5.38.